The zero-order valence-electron chi connectivity index (χ0n) is 10.9. The van der Waals surface area contributed by atoms with Crippen molar-refractivity contribution in [2.75, 3.05) is 0 Å². The van der Waals surface area contributed by atoms with Gasteiger partial charge in [-0.3, -0.25) is 9.59 Å². The number of halogens is 3. The minimum Gasteiger partial charge on any atom is -0.480 e. The molecule has 1 heterocycles. The molecule has 0 unspecified atom stereocenters. The van der Waals surface area contributed by atoms with Gasteiger partial charge in [0, 0.05) is 10.8 Å². The molecule has 1 N–H and O–H groups in total. The second-order valence-electron chi connectivity index (χ2n) is 4.71. The third-order valence-corrected chi connectivity index (χ3v) is 4.64. The van der Waals surface area contributed by atoms with Crippen LogP contribution < -0.4 is 5.43 Å². The van der Waals surface area contributed by atoms with Gasteiger partial charge in [-0.15, -0.1) is 0 Å². The molecule has 1 aromatic heterocycles. The number of carboxylic acid groups (broad SMARTS) is 1. The van der Waals surface area contributed by atoms with Crippen molar-refractivity contribution in [3.63, 3.8) is 0 Å². The van der Waals surface area contributed by atoms with E-state index in [1.807, 2.05) is 0 Å². The average Bonchev–Trinajstić information content (AvgIpc) is 2.49. The number of benzene rings is 2. The number of aliphatic carboxylic acids is 1. The van der Waals surface area contributed by atoms with Gasteiger partial charge in [0.1, 0.15) is 6.54 Å². The fourth-order valence-corrected chi connectivity index (χ4v) is 3.19. The topological polar surface area (TPSA) is 59.3 Å². The summed E-state index contributed by atoms with van der Waals surface area (Å²) in [7, 11) is 0. The molecule has 0 atom stereocenters. The molecule has 0 saturated carbocycles. The van der Waals surface area contributed by atoms with Crippen LogP contribution in [0.15, 0.2) is 35.1 Å². The molecule has 0 bridgehead atoms. The van der Waals surface area contributed by atoms with Crippen molar-refractivity contribution in [2.45, 2.75) is 6.54 Å². The predicted molar refractivity (Wildman–Crippen MR) is 88.4 cm³/mol. The number of rotatable bonds is 2. The van der Waals surface area contributed by atoms with Crippen molar-refractivity contribution in [3.8, 4) is 0 Å². The summed E-state index contributed by atoms with van der Waals surface area (Å²) in [5.74, 6) is -1.06. The van der Waals surface area contributed by atoms with Gasteiger partial charge in [-0.25, -0.2) is 0 Å². The molecule has 0 aliphatic heterocycles. The van der Waals surface area contributed by atoms with Crippen LogP contribution in [0.5, 0.6) is 0 Å². The Morgan fingerprint density at radius 1 is 1.09 bits per heavy atom. The second kappa shape index (κ2) is 5.47. The molecule has 22 heavy (non-hydrogen) atoms. The van der Waals surface area contributed by atoms with Crippen LogP contribution in [0.25, 0.3) is 21.8 Å². The first-order valence-electron chi connectivity index (χ1n) is 6.22. The van der Waals surface area contributed by atoms with E-state index in [0.29, 0.717) is 10.9 Å². The molecule has 0 radical (unpaired) electrons. The fourth-order valence-electron chi connectivity index (χ4n) is 2.49. The summed E-state index contributed by atoms with van der Waals surface area (Å²) < 4.78 is 1.46. The second-order valence-corrected chi connectivity index (χ2v) is 5.87. The Hall–Kier alpha value is -1.75. The standard InChI is InChI=1S/C15H8Cl3NO3/c16-9-5-8-14(13(18)12(9)17)19(6-11(20)21)10-4-2-1-3-7(10)15(8)22/h1-5H,6H2,(H,20,21). The third-order valence-electron chi connectivity index (χ3n) is 3.38. The zero-order valence-corrected chi connectivity index (χ0v) is 13.2. The quantitative estimate of drug-likeness (QED) is 0.553. The lowest BCUT2D eigenvalue weighted by molar-refractivity contribution is -0.137. The van der Waals surface area contributed by atoms with Crippen molar-refractivity contribution >= 4 is 62.6 Å². The lowest BCUT2D eigenvalue weighted by atomic mass is 10.1. The number of para-hydroxylation sites is 1. The summed E-state index contributed by atoms with van der Waals surface area (Å²) >= 11 is 18.3. The van der Waals surface area contributed by atoms with Crippen molar-refractivity contribution in [2.24, 2.45) is 0 Å². The normalized spacial score (nSPS) is 11.2. The van der Waals surface area contributed by atoms with Crippen molar-refractivity contribution in [3.05, 3.63) is 55.6 Å². The molecule has 0 amide bonds. The van der Waals surface area contributed by atoms with Gasteiger partial charge in [0.2, 0.25) is 0 Å². The predicted octanol–water partition coefficient (Wildman–Crippen LogP) is 4.20. The Kier molecular flexibility index (Phi) is 3.77. The molecule has 2 aromatic carbocycles. The van der Waals surface area contributed by atoms with Gasteiger partial charge in [0.15, 0.2) is 5.43 Å². The Labute approximate surface area is 139 Å². The lowest BCUT2D eigenvalue weighted by Gasteiger charge is -2.15. The van der Waals surface area contributed by atoms with Crippen LogP contribution in [0, 0.1) is 0 Å². The van der Waals surface area contributed by atoms with E-state index in [1.54, 1.807) is 24.3 Å². The molecular formula is C15H8Cl3NO3. The molecule has 3 rings (SSSR count). The minimum absolute atomic E-state index is 0.0632. The molecule has 7 heteroatoms. The summed E-state index contributed by atoms with van der Waals surface area (Å²) in [5, 5.41) is 10.1. The summed E-state index contributed by atoms with van der Waals surface area (Å²) in [4.78, 5) is 23.8. The third kappa shape index (κ3) is 2.24. The average molecular weight is 357 g/mol. The number of pyridine rings is 1. The van der Waals surface area contributed by atoms with E-state index in [4.69, 9.17) is 39.9 Å². The molecule has 112 valence electrons. The Morgan fingerprint density at radius 3 is 2.45 bits per heavy atom. The Bertz CT molecular complexity index is 995. The zero-order chi connectivity index (χ0) is 16.0. The first-order valence-corrected chi connectivity index (χ1v) is 7.35. The van der Waals surface area contributed by atoms with E-state index in [1.165, 1.54) is 10.6 Å². The molecule has 0 spiro atoms. The Morgan fingerprint density at radius 2 is 1.77 bits per heavy atom. The minimum atomic E-state index is -1.06. The van der Waals surface area contributed by atoms with E-state index in [9.17, 15) is 9.59 Å². The van der Waals surface area contributed by atoms with Gasteiger partial charge in [0.05, 0.1) is 26.1 Å². The van der Waals surface area contributed by atoms with E-state index in [0.717, 1.165) is 0 Å². The molecule has 0 aliphatic carbocycles. The maximum absolute atomic E-state index is 12.6. The highest BCUT2D eigenvalue weighted by Crippen LogP contribution is 2.36. The summed E-state index contributed by atoms with van der Waals surface area (Å²) in [5.41, 5.74) is 0.470. The van der Waals surface area contributed by atoms with Crippen LogP contribution in [0.2, 0.25) is 15.1 Å². The van der Waals surface area contributed by atoms with Crippen LogP contribution in [-0.2, 0) is 11.3 Å². The van der Waals surface area contributed by atoms with Crippen LogP contribution in [0.4, 0.5) is 0 Å². The van der Waals surface area contributed by atoms with Crippen LogP contribution >= 0.6 is 34.8 Å². The SMILES string of the molecule is O=C(O)Cn1c2ccccc2c(=O)c2cc(Cl)c(Cl)c(Cl)c21. The molecule has 3 aromatic rings. The van der Waals surface area contributed by atoms with Crippen molar-refractivity contribution < 1.29 is 9.90 Å². The van der Waals surface area contributed by atoms with Gasteiger partial charge in [0.25, 0.3) is 0 Å². The lowest BCUT2D eigenvalue weighted by Crippen LogP contribution is -2.16. The number of hydrogen-bond acceptors (Lipinski definition) is 2. The number of carbonyl (C=O) groups is 1. The highest BCUT2D eigenvalue weighted by molar-refractivity contribution is 6.50. The number of nitrogens with zero attached hydrogens (tertiary/aromatic N) is 1. The van der Waals surface area contributed by atoms with Gasteiger partial charge in [-0.1, -0.05) is 46.9 Å². The van der Waals surface area contributed by atoms with Gasteiger partial charge < -0.3 is 9.67 Å². The Balaban J connectivity index is 2.65. The molecule has 4 nitrogen and oxygen atoms in total. The van der Waals surface area contributed by atoms with Crippen molar-refractivity contribution in [1.29, 1.82) is 0 Å². The monoisotopic (exact) mass is 355 g/mol. The van der Waals surface area contributed by atoms with Gasteiger partial charge in [-0.2, -0.15) is 0 Å². The van der Waals surface area contributed by atoms with Crippen molar-refractivity contribution in [1.82, 2.24) is 4.57 Å². The molecule has 0 fully saturated rings. The maximum atomic E-state index is 12.6. The number of hydrogen-bond donors (Lipinski definition) is 1. The number of fused-ring (bicyclic) bond motifs is 2. The largest absolute Gasteiger partial charge is 0.480 e. The van der Waals surface area contributed by atoms with Crippen LogP contribution in [0.3, 0.4) is 0 Å². The van der Waals surface area contributed by atoms with Crippen LogP contribution in [-0.4, -0.2) is 15.6 Å². The summed E-state index contributed by atoms with van der Waals surface area (Å²) in [6.07, 6.45) is 0. The van der Waals surface area contributed by atoms with E-state index in [2.05, 4.69) is 0 Å². The van der Waals surface area contributed by atoms with Gasteiger partial charge >= 0.3 is 5.97 Å². The summed E-state index contributed by atoms with van der Waals surface area (Å²) in [6.45, 7) is -0.352. The molecule has 0 aliphatic rings. The molecular weight excluding hydrogens is 349 g/mol. The first kappa shape index (κ1) is 15.2. The highest BCUT2D eigenvalue weighted by Gasteiger charge is 2.18. The smallest absolute Gasteiger partial charge is 0.323 e. The summed E-state index contributed by atoms with van der Waals surface area (Å²) in [6, 6.07) is 8.14. The van der Waals surface area contributed by atoms with E-state index < -0.39 is 5.97 Å². The number of aromatic nitrogens is 1. The van der Waals surface area contributed by atoms with Gasteiger partial charge in [-0.05, 0) is 18.2 Å². The first-order chi connectivity index (χ1) is 10.4. The van der Waals surface area contributed by atoms with Crippen LogP contribution in [0.1, 0.15) is 0 Å². The fraction of sp³-hybridized carbons (Fsp3) is 0.0667. The van der Waals surface area contributed by atoms with E-state index in [-0.39, 0.29) is 37.9 Å². The molecule has 0 saturated heterocycles. The highest BCUT2D eigenvalue weighted by atomic mass is 35.5. The maximum Gasteiger partial charge on any atom is 0.323 e. The van der Waals surface area contributed by atoms with E-state index >= 15 is 0 Å². The number of carboxylic acids is 1.